The van der Waals surface area contributed by atoms with Gasteiger partial charge in [0.2, 0.25) is 0 Å². The molecule has 1 amide bonds. The molecule has 2 aromatic rings. The van der Waals surface area contributed by atoms with E-state index in [0.717, 1.165) is 0 Å². The summed E-state index contributed by atoms with van der Waals surface area (Å²) in [6, 6.07) is 11.4. The van der Waals surface area contributed by atoms with Crippen LogP contribution < -0.4 is 14.2 Å². The number of Topliss-reactive ketones (excluding diaryl/α,β-unsaturated/α-hetero) is 1. The molecule has 2 aromatic carbocycles. The summed E-state index contributed by atoms with van der Waals surface area (Å²) in [6.45, 7) is 7.91. The largest absolute Gasteiger partial charge is 0.507 e. The minimum Gasteiger partial charge on any atom is -0.507 e. The molecular weight excluding hydrogens is 460 g/mol. The number of methoxy groups -OCH3 is 1. The van der Waals surface area contributed by atoms with Crippen molar-refractivity contribution in [3.8, 4) is 17.2 Å². The molecule has 0 aromatic heterocycles. The summed E-state index contributed by atoms with van der Waals surface area (Å²) in [4.78, 5) is 29.8. The number of rotatable bonds is 11. The fourth-order valence-corrected chi connectivity index (χ4v) is 4.02. The van der Waals surface area contributed by atoms with Gasteiger partial charge in [0, 0.05) is 18.7 Å². The second-order valence-electron chi connectivity index (χ2n) is 9.37. The van der Waals surface area contributed by atoms with Crippen LogP contribution in [0.4, 0.5) is 0 Å². The van der Waals surface area contributed by atoms with E-state index in [4.69, 9.17) is 14.2 Å². The number of ether oxygens (including phenoxy) is 3. The van der Waals surface area contributed by atoms with Crippen LogP contribution in [0, 0.1) is 5.92 Å². The predicted octanol–water partition coefficient (Wildman–Crippen LogP) is 4.11. The molecule has 1 aliphatic heterocycles. The predicted molar refractivity (Wildman–Crippen MR) is 139 cm³/mol. The standard InChI is InChI=1S/C28H36N2O6/c1-7-35-22-13-10-20(16-23(22)34-6)25-24(27(32)28(33)30(25)15-14-29(4)5)26(31)19-8-11-21(12-9-19)36-17-18(2)3/h8-13,16,18,25,31H,7,14-15,17H2,1-6H3/t25-/m0/s1. The third-order valence-corrected chi connectivity index (χ3v) is 5.84. The third-order valence-electron chi connectivity index (χ3n) is 5.84. The molecule has 0 aliphatic carbocycles. The van der Waals surface area contributed by atoms with E-state index in [1.807, 2.05) is 25.9 Å². The number of carbonyl (C=O) groups excluding carboxylic acids is 2. The maximum atomic E-state index is 13.2. The smallest absolute Gasteiger partial charge is 0.295 e. The molecule has 1 heterocycles. The van der Waals surface area contributed by atoms with Crippen LogP contribution in [0.1, 0.15) is 37.9 Å². The quantitative estimate of drug-likeness (QED) is 0.285. The van der Waals surface area contributed by atoms with Gasteiger partial charge >= 0.3 is 0 Å². The summed E-state index contributed by atoms with van der Waals surface area (Å²) >= 11 is 0. The zero-order valence-electron chi connectivity index (χ0n) is 21.9. The molecule has 0 bridgehead atoms. The van der Waals surface area contributed by atoms with E-state index in [2.05, 4.69) is 13.8 Å². The van der Waals surface area contributed by atoms with Crippen molar-refractivity contribution in [2.45, 2.75) is 26.8 Å². The van der Waals surface area contributed by atoms with Gasteiger partial charge in [0.15, 0.2) is 11.5 Å². The van der Waals surface area contributed by atoms with Crippen molar-refractivity contribution in [2.75, 3.05) is 47.5 Å². The molecule has 0 unspecified atom stereocenters. The Kier molecular flexibility index (Phi) is 8.98. The van der Waals surface area contributed by atoms with Gasteiger partial charge in [0.1, 0.15) is 11.5 Å². The van der Waals surface area contributed by atoms with Gasteiger partial charge in [-0.2, -0.15) is 0 Å². The van der Waals surface area contributed by atoms with Crippen molar-refractivity contribution in [1.82, 2.24) is 9.80 Å². The number of carbonyl (C=O) groups is 2. The van der Waals surface area contributed by atoms with Gasteiger partial charge in [-0.25, -0.2) is 0 Å². The Morgan fingerprint density at radius 3 is 2.33 bits per heavy atom. The summed E-state index contributed by atoms with van der Waals surface area (Å²) in [7, 11) is 5.33. The van der Waals surface area contributed by atoms with Gasteiger partial charge in [-0.15, -0.1) is 0 Å². The Labute approximate surface area is 213 Å². The number of amides is 1. The molecule has 1 aliphatic rings. The highest BCUT2D eigenvalue weighted by molar-refractivity contribution is 6.46. The van der Waals surface area contributed by atoms with Crippen molar-refractivity contribution in [3.05, 3.63) is 59.2 Å². The number of aliphatic hydroxyl groups excluding tert-OH is 1. The van der Waals surface area contributed by atoms with Crippen LogP contribution >= 0.6 is 0 Å². The first-order chi connectivity index (χ1) is 17.2. The fraction of sp³-hybridized carbons (Fsp3) is 0.429. The fourth-order valence-electron chi connectivity index (χ4n) is 4.02. The SMILES string of the molecule is CCOc1ccc([C@H]2C(=C(O)c3ccc(OCC(C)C)cc3)C(=O)C(=O)N2CCN(C)C)cc1OC. The average Bonchev–Trinajstić information content (AvgIpc) is 3.11. The number of hydrogen-bond donors (Lipinski definition) is 1. The Morgan fingerprint density at radius 2 is 1.75 bits per heavy atom. The molecule has 36 heavy (non-hydrogen) atoms. The third kappa shape index (κ3) is 5.99. The van der Waals surface area contributed by atoms with Gasteiger partial charge in [-0.1, -0.05) is 19.9 Å². The lowest BCUT2D eigenvalue weighted by Crippen LogP contribution is -2.35. The molecule has 8 heteroatoms. The highest BCUT2D eigenvalue weighted by atomic mass is 16.5. The van der Waals surface area contributed by atoms with Crippen LogP contribution in [0.15, 0.2) is 48.0 Å². The monoisotopic (exact) mass is 496 g/mol. The highest BCUT2D eigenvalue weighted by Gasteiger charge is 2.46. The van der Waals surface area contributed by atoms with Gasteiger partial charge in [-0.3, -0.25) is 9.59 Å². The first-order valence-corrected chi connectivity index (χ1v) is 12.1. The maximum Gasteiger partial charge on any atom is 0.295 e. The van der Waals surface area contributed by atoms with Gasteiger partial charge in [-0.05, 0) is 68.9 Å². The lowest BCUT2D eigenvalue weighted by molar-refractivity contribution is -0.140. The lowest BCUT2D eigenvalue weighted by Gasteiger charge is -2.27. The van der Waals surface area contributed by atoms with Crippen LogP contribution in [0.3, 0.4) is 0 Å². The molecule has 1 fully saturated rings. The number of aliphatic hydroxyl groups is 1. The number of benzene rings is 2. The van der Waals surface area contributed by atoms with Crippen LogP contribution in [0.5, 0.6) is 17.2 Å². The molecule has 0 spiro atoms. The molecule has 194 valence electrons. The summed E-state index contributed by atoms with van der Waals surface area (Å²) in [6.07, 6.45) is 0. The van der Waals surface area contributed by atoms with Crippen molar-refractivity contribution in [3.63, 3.8) is 0 Å². The Balaban J connectivity index is 2.08. The minimum atomic E-state index is -0.772. The first-order valence-electron chi connectivity index (χ1n) is 12.1. The van der Waals surface area contributed by atoms with E-state index in [9.17, 15) is 14.7 Å². The molecule has 0 radical (unpaired) electrons. The Bertz CT molecular complexity index is 1110. The Morgan fingerprint density at radius 1 is 1.06 bits per heavy atom. The van der Waals surface area contributed by atoms with Crippen molar-refractivity contribution in [2.24, 2.45) is 5.92 Å². The minimum absolute atomic E-state index is 0.0424. The van der Waals surface area contributed by atoms with E-state index >= 15 is 0 Å². The second-order valence-corrected chi connectivity index (χ2v) is 9.37. The summed E-state index contributed by atoms with van der Waals surface area (Å²) in [5.41, 5.74) is 1.12. The molecular formula is C28H36N2O6. The summed E-state index contributed by atoms with van der Waals surface area (Å²) < 4.78 is 16.9. The molecule has 3 rings (SSSR count). The van der Waals surface area contributed by atoms with E-state index in [-0.39, 0.29) is 11.3 Å². The van der Waals surface area contributed by atoms with Crippen molar-refractivity contribution >= 4 is 17.4 Å². The van der Waals surface area contributed by atoms with E-state index < -0.39 is 17.7 Å². The van der Waals surface area contributed by atoms with Crippen LogP contribution in [0.25, 0.3) is 5.76 Å². The number of likely N-dealkylation sites (tertiary alicyclic amines) is 1. The normalized spacial score (nSPS) is 17.2. The molecule has 8 nitrogen and oxygen atoms in total. The highest BCUT2D eigenvalue weighted by Crippen LogP contribution is 2.42. The van der Waals surface area contributed by atoms with Crippen LogP contribution in [-0.2, 0) is 9.59 Å². The number of likely N-dealkylation sites (N-methyl/N-ethyl adjacent to an activating group) is 1. The number of nitrogens with zero attached hydrogens (tertiary/aromatic N) is 2. The summed E-state index contributed by atoms with van der Waals surface area (Å²) in [5, 5.41) is 11.3. The number of hydrogen-bond acceptors (Lipinski definition) is 7. The van der Waals surface area contributed by atoms with Gasteiger partial charge in [0.05, 0.1) is 31.9 Å². The molecule has 1 atom stereocenters. The Hall–Kier alpha value is -3.52. The van der Waals surface area contributed by atoms with E-state index in [1.54, 1.807) is 42.5 Å². The average molecular weight is 497 g/mol. The lowest BCUT2D eigenvalue weighted by atomic mass is 9.95. The van der Waals surface area contributed by atoms with Gasteiger partial charge < -0.3 is 29.1 Å². The van der Waals surface area contributed by atoms with Crippen molar-refractivity contribution < 1.29 is 28.9 Å². The van der Waals surface area contributed by atoms with E-state index in [0.29, 0.717) is 60.6 Å². The molecule has 0 saturated carbocycles. The zero-order chi connectivity index (χ0) is 26.4. The van der Waals surface area contributed by atoms with Crippen molar-refractivity contribution in [1.29, 1.82) is 0 Å². The van der Waals surface area contributed by atoms with E-state index in [1.165, 1.54) is 12.0 Å². The second kappa shape index (κ2) is 11.9. The first kappa shape index (κ1) is 27.1. The topological polar surface area (TPSA) is 88.5 Å². The molecule has 1 N–H and O–H groups in total. The molecule has 1 saturated heterocycles. The van der Waals surface area contributed by atoms with Crippen LogP contribution in [0.2, 0.25) is 0 Å². The number of ketones is 1. The van der Waals surface area contributed by atoms with Crippen LogP contribution in [-0.4, -0.2) is 74.1 Å². The maximum absolute atomic E-state index is 13.2. The zero-order valence-corrected chi connectivity index (χ0v) is 21.9. The summed E-state index contributed by atoms with van der Waals surface area (Å²) in [5.74, 6) is 0.498. The van der Waals surface area contributed by atoms with Gasteiger partial charge in [0.25, 0.3) is 11.7 Å².